The van der Waals surface area contributed by atoms with E-state index < -0.39 is 0 Å². The topological polar surface area (TPSA) is 108 Å². The van der Waals surface area contributed by atoms with Crippen molar-refractivity contribution < 1.29 is 9.47 Å². The third kappa shape index (κ3) is 2.99. The average molecular weight is 366 g/mol. The van der Waals surface area contributed by atoms with E-state index in [-0.39, 0.29) is 6.10 Å². The molecule has 10 nitrogen and oxygen atoms in total. The summed E-state index contributed by atoms with van der Waals surface area (Å²) < 4.78 is 15.4. The van der Waals surface area contributed by atoms with E-state index in [1.807, 2.05) is 30.1 Å². The summed E-state index contributed by atoms with van der Waals surface area (Å²) in [6.45, 7) is 1.26. The number of nitrogens with zero attached hydrogens (tertiary/aromatic N) is 6. The van der Waals surface area contributed by atoms with Crippen LogP contribution in [-0.2, 0) is 11.8 Å². The van der Waals surface area contributed by atoms with Crippen molar-refractivity contribution in [1.29, 1.82) is 0 Å². The molecule has 0 aliphatic carbocycles. The van der Waals surface area contributed by atoms with Gasteiger partial charge in [0.05, 0.1) is 42.5 Å². The molecule has 1 atom stereocenters. The lowest BCUT2D eigenvalue weighted by atomic mass is 10.3. The van der Waals surface area contributed by atoms with Gasteiger partial charge in [-0.1, -0.05) is 0 Å². The predicted molar refractivity (Wildman–Crippen MR) is 97.4 cm³/mol. The maximum absolute atomic E-state index is 6.19. The number of ether oxygens (including phenoxy) is 2. The third-order valence-corrected chi connectivity index (χ3v) is 4.39. The van der Waals surface area contributed by atoms with Crippen molar-refractivity contribution in [2.75, 3.05) is 18.5 Å². The molecule has 1 aliphatic heterocycles. The number of hydrogen-bond acceptors (Lipinski definition) is 7. The van der Waals surface area contributed by atoms with E-state index in [0.29, 0.717) is 25.0 Å². The molecule has 27 heavy (non-hydrogen) atoms. The van der Waals surface area contributed by atoms with Gasteiger partial charge in [0.1, 0.15) is 11.6 Å². The van der Waals surface area contributed by atoms with Crippen LogP contribution in [0.4, 0.5) is 11.6 Å². The lowest BCUT2D eigenvalue weighted by Gasteiger charge is -2.14. The Balaban J connectivity index is 1.61. The maximum Gasteiger partial charge on any atom is 0.244 e. The zero-order valence-electron chi connectivity index (χ0n) is 14.7. The van der Waals surface area contributed by atoms with Crippen LogP contribution >= 0.6 is 0 Å². The van der Waals surface area contributed by atoms with Gasteiger partial charge >= 0.3 is 0 Å². The van der Waals surface area contributed by atoms with Gasteiger partial charge in [-0.2, -0.15) is 15.2 Å². The van der Waals surface area contributed by atoms with Gasteiger partial charge in [-0.3, -0.25) is 9.78 Å². The minimum absolute atomic E-state index is 0.0258. The molecule has 1 aliphatic rings. The quantitative estimate of drug-likeness (QED) is 0.554. The number of nitrogens with one attached hydrogen (secondary N) is 2. The highest BCUT2D eigenvalue weighted by atomic mass is 16.5. The minimum Gasteiger partial charge on any atom is -0.470 e. The molecule has 0 amide bonds. The Hall–Kier alpha value is -3.40. The predicted octanol–water partition coefficient (Wildman–Crippen LogP) is 1.79. The average Bonchev–Trinajstić information content (AvgIpc) is 3.41. The number of H-pyrrole nitrogens is 1. The van der Waals surface area contributed by atoms with Crippen molar-refractivity contribution in [2.45, 2.75) is 12.5 Å². The molecular formula is C17H18N8O2. The largest absolute Gasteiger partial charge is 0.470 e. The molecular weight excluding hydrogens is 348 g/mol. The molecule has 0 radical (unpaired) electrons. The molecule has 4 aromatic rings. The summed E-state index contributed by atoms with van der Waals surface area (Å²) >= 11 is 0. The van der Waals surface area contributed by atoms with E-state index in [0.717, 1.165) is 28.8 Å². The summed E-state index contributed by atoms with van der Waals surface area (Å²) in [6.07, 6.45) is 9.88. The minimum atomic E-state index is -0.0258. The molecule has 138 valence electrons. The van der Waals surface area contributed by atoms with Crippen molar-refractivity contribution in [2.24, 2.45) is 7.05 Å². The Morgan fingerprint density at radius 3 is 3.04 bits per heavy atom. The third-order valence-electron chi connectivity index (χ3n) is 4.39. The van der Waals surface area contributed by atoms with E-state index >= 15 is 0 Å². The van der Waals surface area contributed by atoms with Crippen LogP contribution in [0.5, 0.6) is 5.88 Å². The van der Waals surface area contributed by atoms with Gasteiger partial charge in [0.2, 0.25) is 11.8 Å². The Morgan fingerprint density at radius 2 is 2.30 bits per heavy atom. The lowest BCUT2D eigenvalue weighted by molar-refractivity contribution is 0.139. The van der Waals surface area contributed by atoms with Crippen LogP contribution in [0.3, 0.4) is 0 Å². The van der Waals surface area contributed by atoms with Crippen LogP contribution in [0.1, 0.15) is 6.42 Å². The van der Waals surface area contributed by atoms with Crippen LogP contribution in [-0.4, -0.2) is 53.8 Å². The normalized spacial score (nSPS) is 16.9. The van der Waals surface area contributed by atoms with E-state index in [1.54, 1.807) is 23.3 Å². The highest BCUT2D eigenvalue weighted by molar-refractivity contribution is 5.84. The molecule has 5 heterocycles. The van der Waals surface area contributed by atoms with Crippen molar-refractivity contribution in [3.63, 3.8) is 0 Å². The molecule has 10 heteroatoms. The Bertz CT molecular complexity index is 1060. The SMILES string of the molecule is Cn1cc(-n2ccc3nc(Nc4cn[nH]c4)nc(O[C@H]4CCOC4)c32)cn1. The van der Waals surface area contributed by atoms with Gasteiger partial charge in [0.25, 0.3) is 0 Å². The molecule has 0 bridgehead atoms. The van der Waals surface area contributed by atoms with E-state index in [1.165, 1.54) is 0 Å². The zero-order valence-corrected chi connectivity index (χ0v) is 14.7. The standard InChI is InChI=1S/C17H18N8O2/c1-24-9-12(8-20-24)25-4-2-14-15(25)16(27-13-3-5-26-10-13)23-17(22-14)21-11-6-18-19-7-11/h2,4,6-9,13H,3,5,10H2,1H3,(H,18,19)(H,21,22,23)/t13-/m0/s1. The zero-order chi connectivity index (χ0) is 18.2. The fourth-order valence-electron chi connectivity index (χ4n) is 3.11. The molecule has 4 aromatic heterocycles. The fourth-order valence-corrected chi connectivity index (χ4v) is 3.11. The monoisotopic (exact) mass is 366 g/mol. The van der Waals surface area contributed by atoms with Crippen LogP contribution in [0.2, 0.25) is 0 Å². The van der Waals surface area contributed by atoms with Crippen LogP contribution < -0.4 is 10.1 Å². The number of aromatic amines is 1. The van der Waals surface area contributed by atoms with Crippen molar-refractivity contribution in [3.8, 4) is 11.6 Å². The number of anilines is 2. The molecule has 1 saturated heterocycles. The lowest BCUT2D eigenvalue weighted by Crippen LogP contribution is -2.17. The molecule has 5 rings (SSSR count). The Kier molecular flexibility index (Phi) is 3.75. The van der Waals surface area contributed by atoms with Crippen molar-refractivity contribution >= 4 is 22.7 Å². The first-order valence-corrected chi connectivity index (χ1v) is 8.64. The Labute approximate surface area is 154 Å². The van der Waals surface area contributed by atoms with Crippen molar-refractivity contribution in [3.05, 3.63) is 37.1 Å². The summed E-state index contributed by atoms with van der Waals surface area (Å²) in [6, 6.07) is 1.93. The second-order valence-corrected chi connectivity index (χ2v) is 6.36. The second kappa shape index (κ2) is 6.40. The second-order valence-electron chi connectivity index (χ2n) is 6.36. The van der Waals surface area contributed by atoms with Gasteiger partial charge < -0.3 is 19.4 Å². The number of aromatic nitrogens is 7. The summed E-state index contributed by atoms with van der Waals surface area (Å²) in [5.41, 5.74) is 3.26. The van der Waals surface area contributed by atoms with Crippen LogP contribution in [0, 0.1) is 0 Å². The first-order chi connectivity index (χ1) is 13.3. The van der Waals surface area contributed by atoms with Gasteiger partial charge in [0, 0.05) is 32.1 Å². The van der Waals surface area contributed by atoms with Gasteiger partial charge in [-0.05, 0) is 6.07 Å². The summed E-state index contributed by atoms with van der Waals surface area (Å²) in [5, 5.41) is 14.1. The highest BCUT2D eigenvalue weighted by Crippen LogP contribution is 2.30. The maximum atomic E-state index is 6.19. The first kappa shape index (κ1) is 15.8. The number of aryl methyl sites for hydroxylation is 1. The molecule has 1 fully saturated rings. The van der Waals surface area contributed by atoms with E-state index in [9.17, 15) is 0 Å². The van der Waals surface area contributed by atoms with E-state index in [4.69, 9.17) is 9.47 Å². The molecule has 0 unspecified atom stereocenters. The fraction of sp³-hybridized carbons (Fsp3) is 0.294. The van der Waals surface area contributed by atoms with Crippen molar-refractivity contribution in [1.82, 2.24) is 34.5 Å². The molecule has 2 N–H and O–H groups in total. The highest BCUT2D eigenvalue weighted by Gasteiger charge is 2.22. The van der Waals surface area contributed by atoms with Crippen LogP contribution in [0.15, 0.2) is 37.1 Å². The molecule has 0 aromatic carbocycles. The van der Waals surface area contributed by atoms with E-state index in [2.05, 4.69) is 30.6 Å². The summed E-state index contributed by atoms with van der Waals surface area (Å²) in [7, 11) is 1.88. The molecule has 0 spiro atoms. The number of rotatable bonds is 5. The van der Waals surface area contributed by atoms with Gasteiger partial charge in [0.15, 0.2) is 0 Å². The summed E-state index contributed by atoms with van der Waals surface area (Å²) in [5.74, 6) is 0.956. The number of hydrogen-bond donors (Lipinski definition) is 2. The summed E-state index contributed by atoms with van der Waals surface area (Å²) in [4.78, 5) is 9.23. The van der Waals surface area contributed by atoms with Gasteiger partial charge in [-0.25, -0.2) is 4.98 Å². The van der Waals surface area contributed by atoms with Gasteiger partial charge in [-0.15, -0.1) is 0 Å². The smallest absolute Gasteiger partial charge is 0.244 e. The van der Waals surface area contributed by atoms with Crippen LogP contribution in [0.25, 0.3) is 16.7 Å². The number of fused-ring (bicyclic) bond motifs is 1. The first-order valence-electron chi connectivity index (χ1n) is 8.64. The Morgan fingerprint density at radius 1 is 1.33 bits per heavy atom. The molecule has 0 saturated carbocycles.